The van der Waals surface area contributed by atoms with Gasteiger partial charge in [0.2, 0.25) is 0 Å². The summed E-state index contributed by atoms with van der Waals surface area (Å²) in [6.45, 7) is 0. The van der Waals surface area contributed by atoms with Crippen LogP contribution in [0, 0.1) is 142 Å². The van der Waals surface area contributed by atoms with Gasteiger partial charge in [-0.25, -0.2) is 0 Å². The van der Waals surface area contributed by atoms with Crippen LogP contribution in [-0.2, 0) is 211 Å². The van der Waals surface area contributed by atoms with Gasteiger partial charge >= 0.3 is 619 Å². The summed E-state index contributed by atoms with van der Waals surface area (Å²) < 4.78 is 343. The van der Waals surface area contributed by atoms with Crippen molar-refractivity contribution < 1.29 is 437 Å². The van der Waals surface area contributed by atoms with Gasteiger partial charge in [-0.2, -0.15) is 0 Å². The second-order valence-electron chi connectivity index (χ2n) is 3.93. The molecule has 58 heteroatoms. The fraction of sp³-hybridized carbons (Fsp3) is 0. The summed E-state index contributed by atoms with van der Waals surface area (Å²) in [6.07, 6.45) is 0. The summed E-state index contributed by atoms with van der Waals surface area (Å²) in [7, 11) is 0. The minimum absolute atomic E-state index is 0. The molecule has 0 saturated heterocycles. The zero-order valence-corrected chi connectivity index (χ0v) is 66.1. The molecule has 0 bridgehead atoms. The molecule has 0 N–H and O–H groups in total. The van der Waals surface area contributed by atoms with Crippen molar-refractivity contribution in [2.24, 2.45) is 0 Å². The van der Waals surface area contributed by atoms with Gasteiger partial charge in [0.15, 0.2) is 0 Å². The minimum atomic E-state index is -5.75. The first-order valence-electron chi connectivity index (χ1n) is 6.42. The molecule has 0 heterocycles. The third kappa shape index (κ3) is 2360. The number of hydrogen-bond donors (Lipinski definition) is 0. The van der Waals surface area contributed by atoms with Gasteiger partial charge in [-0.15, -0.1) is 0 Å². The molecule has 0 atom stereocenters. The molecule has 0 amide bonds. The topological polar surface area (TPSA) is 803 Å². The molecule has 0 aliphatic carbocycles. The van der Waals surface area contributed by atoms with E-state index in [-0.39, 0.29) is 324 Å². The predicted octanol–water partition coefficient (Wildman–Crippen LogP) is -27.7. The molecule has 0 aromatic heterocycles. The zero-order valence-electron chi connectivity index (χ0n) is 25.4. The summed E-state index contributed by atoms with van der Waals surface area (Å²) in [5, 5.41) is 0. The van der Waals surface area contributed by atoms with Crippen LogP contribution in [0.5, 0.6) is 0 Å². The van der Waals surface area contributed by atoms with Gasteiger partial charge in [-0.3, -0.25) is 0 Å². The van der Waals surface area contributed by atoms with Crippen LogP contribution in [-0.4, -0.2) is 182 Å². The van der Waals surface area contributed by atoms with Gasteiger partial charge in [0, 0.05) is 0 Å². The van der Waals surface area contributed by atoms with E-state index in [4.69, 9.17) is 160 Å². The van der Waals surface area contributed by atoms with Crippen LogP contribution in [0.2, 0.25) is 0 Å². The first-order chi connectivity index (χ1) is 20.0. The second kappa shape index (κ2) is 60.7. The Labute approximate surface area is 601 Å². The first-order valence-corrected chi connectivity index (χ1v) is 26.5. The molecule has 0 saturated carbocycles. The van der Waals surface area contributed by atoms with E-state index in [1.165, 1.54) is 0 Å². The molecule has 0 aromatic carbocycles. The van der Waals surface area contributed by atoms with Crippen LogP contribution in [0.4, 0.5) is 0 Å². The molecule has 0 aromatic rings. The fourth-order valence-electron chi connectivity index (χ4n) is 0. The summed E-state index contributed by atoms with van der Waals surface area (Å²) in [4.78, 5) is 0. The Morgan fingerprint density at radius 2 is 0.207 bits per heavy atom. The molecule has 58 heavy (non-hydrogen) atoms. The molecule has 0 radical (unpaired) electrons. The Hall–Kier alpha value is 11.2. The van der Waals surface area contributed by atoms with Crippen molar-refractivity contribution in [1.82, 2.24) is 0 Å². The maximum absolute atomic E-state index is 8.59. The van der Waals surface area contributed by atoms with E-state index in [1.807, 2.05) is 0 Å². The van der Waals surface area contributed by atoms with Crippen molar-refractivity contribution in [3.63, 3.8) is 0 Å². The Morgan fingerprint density at radius 1 is 0.207 bits per heavy atom. The van der Waals surface area contributed by atoms with Gasteiger partial charge in [0.1, 0.15) is 0 Å². The molecule has 325 valence electrons. The average Bonchev–Trinajstić information content (AvgIpc) is 2.34. The Morgan fingerprint density at radius 3 is 0.207 bits per heavy atom. The average molecular weight is 2080 g/mol. The van der Waals surface area contributed by atoms with Crippen LogP contribution in [0.15, 0.2) is 0 Å². The van der Waals surface area contributed by atoms with E-state index in [2.05, 4.69) is 0 Å². The molecule has 0 spiro atoms. The summed E-state index contributed by atoms with van der Waals surface area (Å²) in [5.74, 6) is 0. The van der Waals surface area contributed by atoms with E-state index in [0.717, 1.165) is 0 Å². The van der Waals surface area contributed by atoms with Crippen molar-refractivity contribution in [2.45, 2.75) is 0 Å². The van der Waals surface area contributed by atoms with Crippen molar-refractivity contribution in [1.29, 1.82) is 0 Å². The standard InChI is InChI=1S/5Cr.4La.5Mn.40O.4Sr/q;;;;;4*+3;;;;;;;;;;;;;;;;;;;;;;;;;;20*-1;4*+2. The van der Waals surface area contributed by atoms with Crippen LogP contribution >= 0.6 is 0 Å². The van der Waals surface area contributed by atoms with Gasteiger partial charge in [0.05, 0.1) is 0 Å². The SMILES string of the molecule is [La+3].[La+3].[La+3].[La+3].[O]=[Cr](=[O])([O-])[O-].[O]=[Cr](=[O])([O-])[O-].[O]=[Cr](=[O])([O-])[O-].[O]=[Cr](=[O])([O-])[O-].[O]=[Cr](=[O])([O-])[O-].[O]=[Mn](=[O])([O-])[O-].[O]=[Mn](=[O])([O-])[O-].[O]=[Mn](=[O])([O-])[O-].[O]=[Mn](=[O])([O-])[O-].[O]=[Mn](=[O])([O-])[O-].[Sr+2].[Sr+2].[Sr+2].[Sr+2]. The van der Waals surface area contributed by atoms with Gasteiger partial charge in [0.25, 0.3) is 0 Å². The van der Waals surface area contributed by atoms with E-state index in [0.29, 0.717) is 0 Å². The zero-order chi connectivity index (χ0) is 45.0. The Bertz CT molecular complexity index is 1420. The largest absolute Gasteiger partial charge is 2.00 e. The summed E-state index contributed by atoms with van der Waals surface area (Å²) in [6, 6.07) is 0. The third-order valence-corrected chi connectivity index (χ3v) is 0. The summed E-state index contributed by atoms with van der Waals surface area (Å²) in [5.41, 5.74) is 0. The quantitative estimate of drug-likeness (QED) is 0.203. The van der Waals surface area contributed by atoms with Crippen LogP contribution in [0.3, 0.4) is 0 Å². The Kier molecular flexibility index (Phi) is 129. The Balaban J connectivity index is -0.0000000189. The molecule has 0 aliphatic heterocycles. The van der Waals surface area contributed by atoms with E-state index >= 15 is 0 Å². The number of hydrogen-bond acceptors (Lipinski definition) is 40. The predicted molar refractivity (Wildman–Crippen MR) is 36.7 cm³/mol. The third-order valence-electron chi connectivity index (χ3n) is 0. The van der Waals surface area contributed by atoms with Crippen molar-refractivity contribution in [2.75, 3.05) is 0 Å². The maximum atomic E-state index is 8.59. The van der Waals surface area contributed by atoms with Crippen molar-refractivity contribution in [3.8, 4) is 0 Å². The second-order valence-corrected chi connectivity index (χ2v) is 16.2. The van der Waals surface area contributed by atoms with Gasteiger partial charge in [-0.1, -0.05) is 0 Å². The van der Waals surface area contributed by atoms with E-state index in [9.17, 15) is 0 Å². The molecule has 0 aliphatic rings. The minimum Gasteiger partial charge on any atom is 2.00 e. The van der Waals surface area contributed by atoms with Gasteiger partial charge in [-0.05, 0) is 0 Å². The van der Waals surface area contributed by atoms with Crippen LogP contribution < -0.4 is 83.5 Å². The normalized spacial score (nSPS) is 10.0. The smallest absolute Gasteiger partial charge is 2.00 e. The van der Waals surface area contributed by atoms with Crippen LogP contribution in [0.1, 0.15) is 0 Å². The molecular weight excluding hydrogens is 2080 g/mol. The van der Waals surface area contributed by atoms with E-state index < -0.39 is 135 Å². The maximum Gasteiger partial charge on any atom is 2.00 e. The van der Waals surface area contributed by atoms with Gasteiger partial charge < -0.3 is 0 Å². The first kappa shape index (κ1) is 123. The molecular formula is Cr5La4Mn5O40Sr4. The fourth-order valence-corrected chi connectivity index (χ4v) is 0. The molecule has 0 rings (SSSR count). The molecule has 40 nitrogen and oxygen atoms in total. The number of rotatable bonds is 0. The molecule has 0 unspecified atom stereocenters. The van der Waals surface area contributed by atoms with Crippen LogP contribution in [0.25, 0.3) is 0 Å². The van der Waals surface area contributed by atoms with Crippen molar-refractivity contribution in [3.05, 3.63) is 0 Å². The molecule has 0 fully saturated rings. The monoisotopic (exact) mass is 2080 g/mol. The van der Waals surface area contributed by atoms with E-state index in [1.54, 1.807) is 0 Å². The van der Waals surface area contributed by atoms with Crippen molar-refractivity contribution >= 4 is 182 Å². The summed E-state index contributed by atoms with van der Waals surface area (Å²) >= 11 is -56.9.